The number of rotatable bonds is 5. The van der Waals surface area contributed by atoms with Crippen LogP contribution in [0.3, 0.4) is 0 Å². The van der Waals surface area contributed by atoms with Crippen LogP contribution < -0.4 is 0 Å². The maximum Gasteiger partial charge on any atom is 0.338 e. The number of amides is 1. The highest BCUT2D eigenvalue weighted by Crippen LogP contribution is 2.33. The number of non-ortho nitro benzene ring substituents is 1. The van der Waals surface area contributed by atoms with E-state index < -0.39 is 10.9 Å². The highest BCUT2D eigenvalue weighted by atomic mass is 32.1. The molecule has 0 saturated carbocycles. The number of hydrogen-bond donors (Lipinski definition) is 0. The number of nitro groups is 1. The zero-order chi connectivity index (χ0) is 22.0. The Morgan fingerprint density at radius 2 is 2.03 bits per heavy atom. The zero-order valence-electron chi connectivity index (χ0n) is 16.9. The number of ether oxygens (including phenoxy) is 1. The third-order valence-corrected chi connectivity index (χ3v) is 6.45. The topological polar surface area (TPSA) is 103 Å². The van der Waals surface area contributed by atoms with Crippen molar-refractivity contribution in [3.05, 3.63) is 68.7 Å². The number of likely N-dealkylation sites (tertiary alicyclic amines) is 1. The van der Waals surface area contributed by atoms with E-state index in [1.54, 1.807) is 23.2 Å². The first kappa shape index (κ1) is 20.9. The van der Waals surface area contributed by atoms with Crippen LogP contribution in [0, 0.1) is 10.1 Å². The maximum atomic E-state index is 13.2. The molecule has 0 unspecified atom stereocenters. The van der Waals surface area contributed by atoms with Crippen molar-refractivity contribution >= 4 is 39.1 Å². The Morgan fingerprint density at radius 3 is 2.77 bits per heavy atom. The first-order valence-electron chi connectivity index (χ1n) is 10.1. The summed E-state index contributed by atoms with van der Waals surface area (Å²) in [6, 6.07) is 11.6. The highest BCUT2D eigenvalue weighted by Gasteiger charge is 2.29. The summed E-state index contributed by atoms with van der Waals surface area (Å²) in [5.74, 6) is -0.912. The number of esters is 1. The number of nitro benzene ring substituents is 1. The average molecular weight is 439 g/mol. The van der Waals surface area contributed by atoms with Gasteiger partial charge in [-0.15, -0.1) is 11.3 Å². The van der Waals surface area contributed by atoms with Crippen LogP contribution in [0.25, 0.3) is 10.2 Å². The third-order valence-electron chi connectivity index (χ3n) is 5.25. The molecule has 1 aliphatic rings. The molecular formula is C22H21N3O5S. The molecule has 8 nitrogen and oxygen atoms in total. The van der Waals surface area contributed by atoms with Crippen molar-refractivity contribution in [2.45, 2.75) is 25.7 Å². The van der Waals surface area contributed by atoms with Crippen LogP contribution in [0.5, 0.6) is 0 Å². The molecule has 2 heterocycles. The molecule has 9 heteroatoms. The van der Waals surface area contributed by atoms with Gasteiger partial charge in [0.2, 0.25) is 0 Å². The van der Waals surface area contributed by atoms with Gasteiger partial charge in [0, 0.05) is 36.7 Å². The second-order valence-corrected chi connectivity index (χ2v) is 8.42. The van der Waals surface area contributed by atoms with E-state index >= 15 is 0 Å². The number of nitrogens with zero attached hydrogens (tertiary/aromatic N) is 3. The second-order valence-electron chi connectivity index (χ2n) is 7.36. The zero-order valence-corrected chi connectivity index (χ0v) is 17.8. The lowest BCUT2D eigenvalue weighted by Crippen LogP contribution is -2.39. The predicted molar refractivity (Wildman–Crippen MR) is 117 cm³/mol. The van der Waals surface area contributed by atoms with Crippen LogP contribution in [0.2, 0.25) is 0 Å². The standard InChI is InChI=1S/C22H21N3O5S/c1-2-30-22(27)16-10-15(11-17(12-16)25(28)29)21(26)24-9-5-6-14(13-24)20-23-18-7-3-4-8-19(18)31-20/h3-4,7-8,10-12,14H,2,5-6,9,13H2,1H3/t14-/m1/s1. The SMILES string of the molecule is CCOC(=O)c1cc(C(=O)N2CCC[C@@H](c3nc4ccccc4s3)C2)cc([N+](=O)[O-])c1. The van der Waals surface area contributed by atoms with Gasteiger partial charge < -0.3 is 9.64 Å². The van der Waals surface area contributed by atoms with E-state index in [-0.39, 0.29) is 35.2 Å². The molecule has 2 aromatic carbocycles. The Hall–Kier alpha value is -3.33. The second kappa shape index (κ2) is 8.81. The van der Waals surface area contributed by atoms with Gasteiger partial charge in [0.1, 0.15) is 0 Å². The quantitative estimate of drug-likeness (QED) is 0.332. The largest absolute Gasteiger partial charge is 0.462 e. The van der Waals surface area contributed by atoms with E-state index in [1.807, 2.05) is 24.3 Å². The lowest BCUT2D eigenvalue weighted by Gasteiger charge is -2.32. The predicted octanol–water partition coefficient (Wildman–Crippen LogP) is 4.40. The van der Waals surface area contributed by atoms with Crippen molar-refractivity contribution in [1.29, 1.82) is 0 Å². The molecule has 3 aromatic rings. The number of carbonyl (C=O) groups excluding carboxylic acids is 2. The molecule has 0 aliphatic carbocycles. The number of piperidine rings is 1. The van der Waals surface area contributed by atoms with Crippen LogP contribution in [0.4, 0.5) is 5.69 Å². The third kappa shape index (κ3) is 4.41. The average Bonchev–Trinajstić information content (AvgIpc) is 3.23. The van der Waals surface area contributed by atoms with Crippen LogP contribution in [-0.4, -0.2) is 46.4 Å². The fourth-order valence-corrected chi connectivity index (χ4v) is 4.88. The molecule has 31 heavy (non-hydrogen) atoms. The summed E-state index contributed by atoms with van der Waals surface area (Å²) in [4.78, 5) is 42.4. The van der Waals surface area contributed by atoms with Crippen molar-refractivity contribution < 1.29 is 19.2 Å². The lowest BCUT2D eigenvalue weighted by atomic mass is 9.97. The Balaban J connectivity index is 1.59. The lowest BCUT2D eigenvalue weighted by molar-refractivity contribution is -0.384. The Bertz CT molecular complexity index is 1130. The van der Waals surface area contributed by atoms with Gasteiger partial charge in [-0.1, -0.05) is 12.1 Å². The monoisotopic (exact) mass is 439 g/mol. The van der Waals surface area contributed by atoms with E-state index in [4.69, 9.17) is 9.72 Å². The van der Waals surface area contributed by atoms with E-state index in [0.29, 0.717) is 13.1 Å². The minimum Gasteiger partial charge on any atom is -0.462 e. The van der Waals surface area contributed by atoms with Gasteiger partial charge in [-0.05, 0) is 38.0 Å². The fourth-order valence-electron chi connectivity index (χ4n) is 3.78. The van der Waals surface area contributed by atoms with E-state index in [1.165, 1.54) is 12.1 Å². The van der Waals surface area contributed by atoms with Crippen molar-refractivity contribution in [2.24, 2.45) is 0 Å². The Kier molecular flexibility index (Phi) is 5.94. The van der Waals surface area contributed by atoms with Crippen LogP contribution in [0.1, 0.15) is 51.4 Å². The van der Waals surface area contributed by atoms with E-state index in [2.05, 4.69) is 0 Å². The van der Waals surface area contributed by atoms with Crippen LogP contribution in [0.15, 0.2) is 42.5 Å². The molecule has 1 amide bonds. The minimum atomic E-state index is -0.689. The van der Waals surface area contributed by atoms with Crippen molar-refractivity contribution in [2.75, 3.05) is 19.7 Å². The number of fused-ring (bicyclic) bond motifs is 1. The summed E-state index contributed by atoms with van der Waals surface area (Å²) >= 11 is 1.63. The van der Waals surface area contributed by atoms with E-state index in [0.717, 1.165) is 34.1 Å². The van der Waals surface area contributed by atoms with Crippen molar-refractivity contribution in [1.82, 2.24) is 9.88 Å². The minimum absolute atomic E-state index is 0.000803. The smallest absolute Gasteiger partial charge is 0.338 e. The summed E-state index contributed by atoms with van der Waals surface area (Å²) in [5.41, 5.74) is 0.749. The first-order valence-corrected chi connectivity index (χ1v) is 10.9. The number of carbonyl (C=O) groups is 2. The number of aromatic nitrogens is 1. The highest BCUT2D eigenvalue weighted by molar-refractivity contribution is 7.18. The summed E-state index contributed by atoms with van der Waals surface area (Å²) < 4.78 is 6.06. The first-order chi connectivity index (χ1) is 15.0. The molecule has 0 radical (unpaired) electrons. The number of benzene rings is 2. The molecular weight excluding hydrogens is 418 g/mol. The summed E-state index contributed by atoms with van der Waals surface area (Å²) in [6.45, 7) is 2.83. The molecule has 1 atom stereocenters. The summed E-state index contributed by atoms with van der Waals surface area (Å²) in [7, 11) is 0. The molecule has 1 fully saturated rings. The molecule has 1 saturated heterocycles. The molecule has 0 N–H and O–H groups in total. The number of hydrogen-bond acceptors (Lipinski definition) is 7. The molecule has 0 bridgehead atoms. The Labute approximate surface area is 182 Å². The van der Waals surface area contributed by atoms with Gasteiger partial charge in [-0.3, -0.25) is 14.9 Å². The van der Waals surface area contributed by atoms with Crippen LogP contribution >= 0.6 is 11.3 Å². The molecule has 160 valence electrons. The molecule has 1 aliphatic heterocycles. The van der Waals surface area contributed by atoms with Crippen molar-refractivity contribution in [3.8, 4) is 0 Å². The summed E-state index contributed by atoms with van der Waals surface area (Å²) in [5, 5.41) is 12.3. The van der Waals surface area contributed by atoms with E-state index in [9.17, 15) is 19.7 Å². The van der Waals surface area contributed by atoms with Crippen LogP contribution in [-0.2, 0) is 4.74 Å². The fraction of sp³-hybridized carbons (Fsp3) is 0.318. The van der Waals surface area contributed by atoms with Gasteiger partial charge in [0.05, 0.1) is 32.3 Å². The Morgan fingerprint density at radius 1 is 1.26 bits per heavy atom. The van der Waals surface area contributed by atoms with Gasteiger partial charge in [-0.25, -0.2) is 9.78 Å². The molecule has 1 aromatic heterocycles. The van der Waals surface area contributed by atoms with Gasteiger partial charge in [-0.2, -0.15) is 0 Å². The van der Waals surface area contributed by atoms with Crippen molar-refractivity contribution in [3.63, 3.8) is 0 Å². The molecule has 4 rings (SSSR count). The number of thiazole rings is 1. The van der Waals surface area contributed by atoms with Gasteiger partial charge >= 0.3 is 5.97 Å². The maximum absolute atomic E-state index is 13.2. The summed E-state index contributed by atoms with van der Waals surface area (Å²) in [6.07, 6.45) is 1.73. The molecule has 0 spiro atoms. The number of para-hydroxylation sites is 1. The van der Waals surface area contributed by atoms with Gasteiger partial charge in [0.25, 0.3) is 11.6 Å². The van der Waals surface area contributed by atoms with Gasteiger partial charge in [0.15, 0.2) is 0 Å². The normalized spacial score (nSPS) is 16.3.